The molecule has 6 rings (SSSR count). The summed E-state index contributed by atoms with van der Waals surface area (Å²) >= 11 is 1.26. The van der Waals surface area contributed by atoms with Crippen LogP contribution >= 0.6 is 11.5 Å². The lowest BCUT2D eigenvalue weighted by Gasteiger charge is -2.36. The van der Waals surface area contributed by atoms with E-state index in [1.54, 1.807) is 28.9 Å². The number of aliphatic hydroxyl groups is 1. The number of nitrogens with zero attached hydrogens (tertiary/aromatic N) is 4. The van der Waals surface area contributed by atoms with E-state index < -0.39 is 11.5 Å². The van der Waals surface area contributed by atoms with Crippen molar-refractivity contribution in [1.82, 2.24) is 19.2 Å². The van der Waals surface area contributed by atoms with Gasteiger partial charge in [0.25, 0.3) is 5.91 Å². The molecular formula is C27H28FN5O3S. The molecule has 10 heteroatoms. The molecule has 3 fully saturated rings. The number of β-amino-alcohol motifs (C(OH)–C–C–N with tert-alkyl or cyclic N) is 1. The van der Waals surface area contributed by atoms with Gasteiger partial charge in [-0.05, 0) is 78.5 Å². The van der Waals surface area contributed by atoms with Crippen LogP contribution in [0.4, 0.5) is 14.9 Å². The number of likely N-dealkylation sites (tertiary alicyclic amines) is 2. The summed E-state index contributed by atoms with van der Waals surface area (Å²) in [6.45, 7) is 3.08. The minimum Gasteiger partial charge on any atom is -0.389 e. The Balaban J connectivity index is 1.27. The molecule has 3 amide bonds. The van der Waals surface area contributed by atoms with E-state index in [1.165, 1.54) is 23.9 Å². The Morgan fingerprint density at radius 3 is 2.65 bits per heavy atom. The number of rotatable bonds is 5. The van der Waals surface area contributed by atoms with Crippen LogP contribution in [0.5, 0.6) is 0 Å². The molecule has 2 aromatic carbocycles. The smallest absolute Gasteiger partial charge is 0.321 e. The van der Waals surface area contributed by atoms with Crippen molar-refractivity contribution in [2.24, 2.45) is 0 Å². The lowest BCUT2D eigenvalue weighted by Crippen LogP contribution is -2.53. The van der Waals surface area contributed by atoms with E-state index in [2.05, 4.69) is 14.7 Å². The minimum atomic E-state index is -0.657. The first-order valence-corrected chi connectivity index (χ1v) is 13.3. The lowest BCUT2D eigenvalue weighted by molar-refractivity contribution is 0.00596. The molecule has 1 aromatic heterocycles. The first-order chi connectivity index (χ1) is 17.8. The van der Waals surface area contributed by atoms with Gasteiger partial charge in [0.05, 0.1) is 22.8 Å². The molecule has 2 N–H and O–H groups in total. The van der Waals surface area contributed by atoms with Gasteiger partial charge in [0.1, 0.15) is 17.2 Å². The third kappa shape index (κ3) is 4.38. The van der Waals surface area contributed by atoms with Crippen molar-refractivity contribution in [1.29, 1.82) is 0 Å². The van der Waals surface area contributed by atoms with Crippen molar-refractivity contribution in [3.63, 3.8) is 0 Å². The molecule has 1 aliphatic carbocycles. The van der Waals surface area contributed by atoms with Gasteiger partial charge in [0, 0.05) is 26.2 Å². The second kappa shape index (κ2) is 9.18. The third-order valence-electron chi connectivity index (χ3n) is 7.77. The molecule has 2 aliphatic heterocycles. The van der Waals surface area contributed by atoms with Crippen LogP contribution in [0.1, 0.15) is 57.2 Å². The minimum absolute atomic E-state index is 0.206. The lowest BCUT2D eigenvalue weighted by atomic mass is 9.80. The predicted octanol–water partition coefficient (Wildman–Crippen LogP) is 3.90. The summed E-state index contributed by atoms with van der Waals surface area (Å²) in [5.41, 5.74) is 2.68. The maximum atomic E-state index is 14.6. The Labute approximate surface area is 218 Å². The summed E-state index contributed by atoms with van der Waals surface area (Å²) < 4.78 is 18.7. The molecule has 3 aliphatic rings. The number of hydrogen-bond donors (Lipinski definition) is 2. The summed E-state index contributed by atoms with van der Waals surface area (Å²) in [6.07, 6.45) is 3.77. The predicted molar refractivity (Wildman–Crippen MR) is 137 cm³/mol. The van der Waals surface area contributed by atoms with Crippen molar-refractivity contribution < 1.29 is 19.1 Å². The Kier molecular flexibility index (Phi) is 5.95. The van der Waals surface area contributed by atoms with Gasteiger partial charge >= 0.3 is 6.03 Å². The number of nitrogens with one attached hydrogen (secondary N) is 1. The molecule has 192 valence electrons. The molecule has 0 bridgehead atoms. The summed E-state index contributed by atoms with van der Waals surface area (Å²) in [5.74, 6) is -0.0398. The number of amides is 3. The summed E-state index contributed by atoms with van der Waals surface area (Å²) in [7, 11) is 0. The van der Waals surface area contributed by atoms with Crippen LogP contribution in [0, 0.1) is 12.7 Å². The van der Waals surface area contributed by atoms with Crippen LogP contribution < -0.4 is 5.32 Å². The van der Waals surface area contributed by atoms with Gasteiger partial charge in [-0.15, -0.1) is 0 Å². The van der Waals surface area contributed by atoms with E-state index in [9.17, 15) is 19.1 Å². The zero-order valence-electron chi connectivity index (χ0n) is 20.5. The fraction of sp³-hybridized carbons (Fsp3) is 0.407. The second-order valence-corrected chi connectivity index (χ2v) is 11.1. The molecule has 2 saturated heterocycles. The molecule has 1 unspecified atom stereocenters. The van der Waals surface area contributed by atoms with Crippen LogP contribution in [0.2, 0.25) is 0 Å². The van der Waals surface area contributed by atoms with Crippen LogP contribution in [0.15, 0.2) is 42.7 Å². The van der Waals surface area contributed by atoms with Crippen molar-refractivity contribution >= 4 is 29.2 Å². The quantitative estimate of drug-likeness (QED) is 0.531. The molecule has 3 heterocycles. The van der Waals surface area contributed by atoms with Crippen molar-refractivity contribution in [2.75, 3.05) is 31.5 Å². The molecule has 3 aromatic rings. The largest absolute Gasteiger partial charge is 0.389 e. The standard InChI is InChI=1S/C27H28FN5O3S/c1-16-2-6-19(11-22(16)28)27(25-29-15-30-37-25)8-9-32(14-27)26(36)31-23-10-18(17-3-4-17)5-7-21(23)24(35)33-12-20(34)13-33/h2,5-7,10-11,15,17,20,34H,3-4,8-9,12-14H2,1H3,(H,31,36). The van der Waals surface area contributed by atoms with E-state index in [-0.39, 0.29) is 17.8 Å². The average Bonchev–Trinajstić information content (AvgIpc) is 3.37. The fourth-order valence-corrected chi connectivity index (χ4v) is 6.05. The number of hydrogen-bond acceptors (Lipinski definition) is 6. The topological polar surface area (TPSA) is 98.7 Å². The number of carbonyl (C=O) groups is 2. The highest BCUT2D eigenvalue weighted by molar-refractivity contribution is 7.05. The van der Waals surface area contributed by atoms with Gasteiger partial charge in [-0.2, -0.15) is 4.37 Å². The number of benzene rings is 2. The van der Waals surface area contributed by atoms with E-state index in [0.29, 0.717) is 55.3 Å². The van der Waals surface area contributed by atoms with Crippen LogP contribution in [-0.4, -0.2) is 68.5 Å². The number of aromatic nitrogens is 2. The normalized spacial score (nSPS) is 21.7. The highest BCUT2D eigenvalue weighted by Gasteiger charge is 2.45. The highest BCUT2D eigenvalue weighted by atomic mass is 32.1. The van der Waals surface area contributed by atoms with E-state index >= 15 is 0 Å². The first-order valence-electron chi connectivity index (χ1n) is 12.5. The number of anilines is 1. The van der Waals surface area contributed by atoms with E-state index in [0.717, 1.165) is 29.0 Å². The van der Waals surface area contributed by atoms with Crippen LogP contribution in [-0.2, 0) is 5.41 Å². The van der Waals surface area contributed by atoms with Gasteiger partial charge < -0.3 is 20.2 Å². The highest BCUT2D eigenvalue weighted by Crippen LogP contribution is 2.43. The average molecular weight is 522 g/mol. The van der Waals surface area contributed by atoms with Crippen LogP contribution in [0.3, 0.4) is 0 Å². The first kappa shape index (κ1) is 24.0. The molecular weight excluding hydrogens is 493 g/mol. The van der Waals surface area contributed by atoms with Crippen molar-refractivity contribution in [3.8, 4) is 0 Å². The monoisotopic (exact) mass is 521 g/mol. The number of carbonyl (C=O) groups excluding carboxylic acids is 2. The fourth-order valence-electron chi connectivity index (χ4n) is 5.30. The number of aliphatic hydroxyl groups excluding tert-OH is 1. The molecule has 0 spiro atoms. The Hall–Kier alpha value is -3.37. The van der Waals surface area contributed by atoms with E-state index in [1.807, 2.05) is 18.2 Å². The molecule has 8 nitrogen and oxygen atoms in total. The molecule has 1 atom stereocenters. The number of halogens is 1. The van der Waals surface area contributed by atoms with Gasteiger partial charge in [-0.1, -0.05) is 18.2 Å². The number of aryl methyl sites for hydroxylation is 1. The summed E-state index contributed by atoms with van der Waals surface area (Å²) in [5, 5.41) is 13.4. The maximum absolute atomic E-state index is 14.6. The number of urea groups is 1. The molecule has 0 radical (unpaired) electrons. The summed E-state index contributed by atoms with van der Waals surface area (Å²) in [6, 6.07) is 10.5. The Morgan fingerprint density at radius 1 is 1.16 bits per heavy atom. The Bertz CT molecular complexity index is 1360. The van der Waals surface area contributed by atoms with Gasteiger partial charge in [0.2, 0.25) is 0 Å². The second-order valence-electron chi connectivity index (χ2n) is 10.3. The molecule has 1 saturated carbocycles. The van der Waals surface area contributed by atoms with Crippen molar-refractivity contribution in [3.05, 3.63) is 75.8 Å². The zero-order valence-corrected chi connectivity index (χ0v) is 21.3. The van der Waals surface area contributed by atoms with Crippen LogP contribution in [0.25, 0.3) is 0 Å². The van der Waals surface area contributed by atoms with Gasteiger partial charge in [0.15, 0.2) is 0 Å². The SMILES string of the molecule is Cc1ccc(C2(c3ncns3)CCN(C(=O)Nc3cc(C4CC4)ccc3C(=O)N3CC(O)C3)C2)cc1F. The van der Waals surface area contributed by atoms with Crippen molar-refractivity contribution in [2.45, 2.75) is 43.6 Å². The van der Waals surface area contributed by atoms with E-state index in [4.69, 9.17) is 0 Å². The van der Waals surface area contributed by atoms with Gasteiger partial charge in [-0.3, -0.25) is 4.79 Å². The van der Waals surface area contributed by atoms with Gasteiger partial charge in [-0.25, -0.2) is 14.2 Å². The molecule has 37 heavy (non-hydrogen) atoms. The Morgan fingerprint density at radius 2 is 1.97 bits per heavy atom. The maximum Gasteiger partial charge on any atom is 0.321 e. The zero-order chi connectivity index (χ0) is 25.7. The summed E-state index contributed by atoms with van der Waals surface area (Å²) in [4.78, 5) is 34.4. The third-order valence-corrected chi connectivity index (χ3v) is 8.63.